The van der Waals surface area contributed by atoms with Gasteiger partial charge in [-0.25, -0.2) is 4.79 Å². The van der Waals surface area contributed by atoms with Crippen molar-refractivity contribution in [1.29, 1.82) is 0 Å². The Balaban J connectivity index is 2.24. The van der Waals surface area contributed by atoms with Crippen molar-refractivity contribution >= 4 is 6.03 Å². The zero-order valence-electron chi connectivity index (χ0n) is 10.7. The monoisotopic (exact) mass is 234 g/mol. The minimum Gasteiger partial charge on any atom is -0.338 e. The molecule has 0 aliphatic heterocycles. The quantitative estimate of drug-likeness (QED) is 0.730. The van der Waals surface area contributed by atoms with Gasteiger partial charge < -0.3 is 10.6 Å². The van der Waals surface area contributed by atoms with Crippen molar-refractivity contribution in [3.05, 3.63) is 35.9 Å². The lowest BCUT2D eigenvalue weighted by Crippen LogP contribution is -2.37. The highest BCUT2D eigenvalue weighted by Gasteiger charge is 2.06. The van der Waals surface area contributed by atoms with Gasteiger partial charge in [0.05, 0.1) is 0 Å². The standard InChI is InChI=1S/C14H22N2O/c1-3-4-10-15-14(17)16-11-12(2)13-8-6-5-7-9-13/h5-9,12H,3-4,10-11H2,1-2H3,(H2,15,16,17). The summed E-state index contributed by atoms with van der Waals surface area (Å²) < 4.78 is 0. The van der Waals surface area contributed by atoms with Crippen molar-refractivity contribution in [1.82, 2.24) is 10.6 Å². The van der Waals surface area contributed by atoms with Gasteiger partial charge in [0, 0.05) is 13.1 Å². The van der Waals surface area contributed by atoms with Crippen LogP contribution in [0.4, 0.5) is 4.79 Å². The summed E-state index contributed by atoms with van der Waals surface area (Å²) in [6.07, 6.45) is 2.13. The number of hydrogen-bond acceptors (Lipinski definition) is 1. The molecule has 1 atom stereocenters. The van der Waals surface area contributed by atoms with Crippen LogP contribution in [0.2, 0.25) is 0 Å². The molecular weight excluding hydrogens is 212 g/mol. The van der Waals surface area contributed by atoms with Crippen LogP contribution in [-0.2, 0) is 0 Å². The first-order valence-corrected chi connectivity index (χ1v) is 6.30. The Morgan fingerprint density at radius 3 is 2.59 bits per heavy atom. The van der Waals surface area contributed by atoms with E-state index in [2.05, 4.69) is 36.6 Å². The van der Waals surface area contributed by atoms with Crippen molar-refractivity contribution in [3.8, 4) is 0 Å². The highest BCUT2D eigenvalue weighted by molar-refractivity contribution is 5.73. The van der Waals surface area contributed by atoms with Gasteiger partial charge >= 0.3 is 6.03 Å². The van der Waals surface area contributed by atoms with E-state index in [-0.39, 0.29) is 6.03 Å². The fraction of sp³-hybridized carbons (Fsp3) is 0.500. The van der Waals surface area contributed by atoms with Gasteiger partial charge in [-0.3, -0.25) is 0 Å². The molecule has 0 aliphatic carbocycles. The number of benzene rings is 1. The molecule has 2 N–H and O–H groups in total. The maximum Gasteiger partial charge on any atom is 0.314 e. The molecule has 17 heavy (non-hydrogen) atoms. The number of amides is 2. The fourth-order valence-corrected chi connectivity index (χ4v) is 1.59. The predicted octanol–water partition coefficient (Wildman–Crippen LogP) is 2.89. The lowest BCUT2D eigenvalue weighted by atomic mass is 10.0. The van der Waals surface area contributed by atoms with E-state index >= 15 is 0 Å². The Kier molecular flexibility index (Phi) is 6.15. The molecular formula is C14H22N2O. The second kappa shape index (κ2) is 7.71. The molecule has 3 heteroatoms. The summed E-state index contributed by atoms with van der Waals surface area (Å²) in [5, 5.41) is 5.73. The third-order valence-electron chi connectivity index (χ3n) is 2.75. The Hall–Kier alpha value is -1.51. The van der Waals surface area contributed by atoms with Crippen molar-refractivity contribution in [2.75, 3.05) is 13.1 Å². The Labute approximate surface area is 104 Å². The summed E-state index contributed by atoms with van der Waals surface area (Å²) in [6, 6.07) is 10.1. The molecule has 0 radical (unpaired) electrons. The summed E-state index contributed by atoms with van der Waals surface area (Å²) in [4.78, 5) is 11.4. The molecule has 3 nitrogen and oxygen atoms in total. The number of urea groups is 1. The van der Waals surface area contributed by atoms with Crippen molar-refractivity contribution in [2.45, 2.75) is 32.6 Å². The SMILES string of the molecule is CCCCNC(=O)NCC(C)c1ccccc1. The molecule has 94 valence electrons. The first-order valence-electron chi connectivity index (χ1n) is 6.30. The van der Waals surface area contributed by atoms with Crippen molar-refractivity contribution in [3.63, 3.8) is 0 Å². The fourth-order valence-electron chi connectivity index (χ4n) is 1.59. The van der Waals surface area contributed by atoms with Crippen LogP contribution in [0, 0.1) is 0 Å². The van der Waals surface area contributed by atoms with E-state index in [1.54, 1.807) is 0 Å². The molecule has 0 saturated heterocycles. The summed E-state index contributed by atoms with van der Waals surface area (Å²) in [7, 11) is 0. The lowest BCUT2D eigenvalue weighted by molar-refractivity contribution is 0.240. The molecule has 0 aromatic heterocycles. The molecule has 1 aromatic rings. The first-order chi connectivity index (χ1) is 8.24. The zero-order valence-corrected chi connectivity index (χ0v) is 10.7. The number of hydrogen-bond donors (Lipinski definition) is 2. The minimum absolute atomic E-state index is 0.0683. The van der Waals surface area contributed by atoms with Gasteiger partial charge in [-0.05, 0) is 17.9 Å². The van der Waals surface area contributed by atoms with Crippen LogP contribution < -0.4 is 10.6 Å². The third kappa shape index (κ3) is 5.38. The minimum atomic E-state index is -0.0683. The van der Waals surface area contributed by atoms with Crippen LogP contribution >= 0.6 is 0 Å². The van der Waals surface area contributed by atoms with Gasteiger partial charge in [0.15, 0.2) is 0 Å². The predicted molar refractivity (Wildman–Crippen MR) is 71.2 cm³/mol. The topological polar surface area (TPSA) is 41.1 Å². The molecule has 0 bridgehead atoms. The average Bonchev–Trinajstić information content (AvgIpc) is 2.37. The Morgan fingerprint density at radius 1 is 1.24 bits per heavy atom. The van der Waals surface area contributed by atoms with Crippen LogP contribution in [0.25, 0.3) is 0 Å². The van der Waals surface area contributed by atoms with Gasteiger partial charge in [-0.15, -0.1) is 0 Å². The first kappa shape index (κ1) is 13.6. The second-order valence-electron chi connectivity index (χ2n) is 4.30. The average molecular weight is 234 g/mol. The largest absolute Gasteiger partial charge is 0.338 e. The van der Waals surface area contributed by atoms with Crippen LogP contribution in [0.1, 0.15) is 38.2 Å². The van der Waals surface area contributed by atoms with E-state index in [0.29, 0.717) is 12.5 Å². The summed E-state index contributed by atoms with van der Waals surface area (Å²) >= 11 is 0. The Bertz CT molecular complexity index is 324. The van der Waals surface area contributed by atoms with E-state index in [1.165, 1.54) is 5.56 Å². The van der Waals surface area contributed by atoms with Gasteiger partial charge in [0.1, 0.15) is 0 Å². The maximum absolute atomic E-state index is 11.4. The second-order valence-corrected chi connectivity index (χ2v) is 4.30. The summed E-state index contributed by atoms with van der Waals surface area (Å²) in [5.41, 5.74) is 1.25. The molecule has 1 unspecified atom stereocenters. The van der Waals surface area contributed by atoms with E-state index in [4.69, 9.17) is 0 Å². The highest BCUT2D eigenvalue weighted by atomic mass is 16.2. The zero-order chi connectivity index (χ0) is 12.5. The number of unbranched alkanes of at least 4 members (excludes halogenated alkanes) is 1. The third-order valence-corrected chi connectivity index (χ3v) is 2.75. The van der Waals surface area contributed by atoms with Gasteiger partial charge in [-0.1, -0.05) is 50.6 Å². The maximum atomic E-state index is 11.4. The van der Waals surface area contributed by atoms with Gasteiger partial charge in [0.25, 0.3) is 0 Å². The number of rotatable bonds is 6. The van der Waals surface area contributed by atoms with Crippen LogP contribution in [-0.4, -0.2) is 19.1 Å². The van der Waals surface area contributed by atoms with Gasteiger partial charge in [0.2, 0.25) is 0 Å². The van der Waals surface area contributed by atoms with E-state index in [9.17, 15) is 4.79 Å². The van der Waals surface area contributed by atoms with Crippen molar-refractivity contribution in [2.24, 2.45) is 0 Å². The van der Waals surface area contributed by atoms with E-state index < -0.39 is 0 Å². The molecule has 1 rings (SSSR count). The van der Waals surface area contributed by atoms with Crippen LogP contribution in [0.15, 0.2) is 30.3 Å². The smallest absolute Gasteiger partial charge is 0.314 e. The Morgan fingerprint density at radius 2 is 1.94 bits per heavy atom. The van der Waals surface area contributed by atoms with Gasteiger partial charge in [-0.2, -0.15) is 0 Å². The summed E-state index contributed by atoms with van der Waals surface area (Å²) in [6.45, 7) is 5.64. The lowest BCUT2D eigenvalue weighted by Gasteiger charge is -2.13. The number of nitrogens with one attached hydrogen (secondary N) is 2. The molecule has 0 aliphatic rings. The van der Waals surface area contributed by atoms with Crippen LogP contribution in [0.3, 0.4) is 0 Å². The van der Waals surface area contributed by atoms with Crippen molar-refractivity contribution < 1.29 is 4.79 Å². The normalized spacial score (nSPS) is 11.9. The molecule has 0 fully saturated rings. The molecule has 0 heterocycles. The number of carbonyl (C=O) groups excluding carboxylic acids is 1. The van der Waals surface area contributed by atoms with E-state index in [0.717, 1.165) is 19.4 Å². The molecule has 0 spiro atoms. The summed E-state index contributed by atoms with van der Waals surface area (Å²) in [5.74, 6) is 0.341. The molecule has 0 saturated carbocycles. The molecule has 1 aromatic carbocycles. The van der Waals surface area contributed by atoms with E-state index in [1.807, 2.05) is 18.2 Å². The highest BCUT2D eigenvalue weighted by Crippen LogP contribution is 2.12. The molecule has 2 amide bonds. The van der Waals surface area contributed by atoms with Crippen LogP contribution in [0.5, 0.6) is 0 Å². The number of carbonyl (C=O) groups is 1.